The molecular weight excluding hydrogens is 344 g/mol. The number of carbonyl (C=O) groups excluding carboxylic acids is 1. The molecule has 0 aromatic heterocycles. The molecule has 0 unspecified atom stereocenters. The van der Waals surface area contributed by atoms with Crippen LogP contribution >= 0.6 is 11.8 Å². The number of nitrogens with one attached hydrogen (secondary N) is 1. The molecule has 0 aliphatic carbocycles. The third-order valence-electron chi connectivity index (χ3n) is 4.26. The average molecular weight is 369 g/mol. The number of carbonyl (C=O) groups is 1. The fourth-order valence-corrected chi connectivity index (χ4v) is 3.90. The van der Waals surface area contributed by atoms with Gasteiger partial charge in [0, 0.05) is 48.5 Å². The molecule has 1 heterocycles. The van der Waals surface area contributed by atoms with Gasteiger partial charge in [0.25, 0.3) is 0 Å². The van der Waals surface area contributed by atoms with Crippen LogP contribution in [-0.4, -0.2) is 42.5 Å². The van der Waals surface area contributed by atoms with Gasteiger partial charge in [-0.1, -0.05) is 30.3 Å². The maximum atomic E-state index is 12.2. The van der Waals surface area contributed by atoms with Crippen LogP contribution in [0.3, 0.4) is 0 Å². The first-order valence-corrected chi connectivity index (χ1v) is 9.91. The van der Waals surface area contributed by atoms with E-state index in [1.807, 2.05) is 48.2 Å². The number of methoxy groups -OCH3 is 1. The number of hydrogen-bond donors (Lipinski definition) is 1. The standard InChI is InChI=1S/C21H24N2O2S/c1-25-20-8-3-2-6-18(20)9-10-21(24)22-19-7-4-5-17(15-19)16-23-11-13-26-14-12-23/h2-10,15H,11-14,16H2,1H3,(H,22,24)/b10-9+. The molecule has 1 aliphatic rings. The van der Waals surface area contributed by atoms with E-state index >= 15 is 0 Å². The molecule has 1 fully saturated rings. The van der Waals surface area contributed by atoms with Crippen LogP contribution in [0, 0.1) is 0 Å². The highest BCUT2D eigenvalue weighted by Crippen LogP contribution is 2.19. The van der Waals surface area contributed by atoms with Crippen LogP contribution in [0.4, 0.5) is 5.69 Å². The molecule has 1 aliphatic heterocycles. The summed E-state index contributed by atoms with van der Waals surface area (Å²) in [6.45, 7) is 3.19. The fraction of sp³-hybridized carbons (Fsp3) is 0.286. The second-order valence-corrected chi connectivity index (χ2v) is 7.38. The van der Waals surface area contributed by atoms with Gasteiger partial charge >= 0.3 is 0 Å². The summed E-state index contributed by atoms with van der Waals surface area (Å²) in [7, 11) is 1.62. The molecule has 2 aromatic rings. The van der Waals surface area contributed by atoms with Crippen molar-refractivity contribution >= 4 is 29.4 Å². The van der Waals surface area contributed by atoms with Crippen LogP contribution in [-0.2, 0) is 11.3 Å². The van der Waals surface area contributed by atoms with E-state index in [1.165, 1.54) is 23.1 Å². The summed E-state index contributed by atoms with van der Waals surface area (Å²) < 4.78 is 5.29. The fourth-order valence-electron chi connectivity index (χ4n) is 2.92. The smallest absolute Gasteiger partial charge is 0.248 e. The number of rotatable bonds is 6. The number of para-hydroxylation sites is 1. The molecule has 26 heavy (non-hydrogen) atoms. The van der Waals surface area contributed by atoms with E-state index in [-0.39, 0.29) is 5.91 Å². The Bertz CT molecular complexity index is 770. The molecular formula is C21H24N2O2S. The molecule has 0 bridgehead atoms. The lowest BCUT2D eigenvalue weighted by Crippen LogP contribution is -2.31. The van der Waals surface area contributed by atoms with Gasteiger partial charge < -0.3 is 10.1 Å². The molecule has 4 nitrogen and oxygen atoms in total. The Morgan fingerprint density at radius 2 is 2.00 bits per heavy atom. The third kappa shape index (κ3) is 5.38. The molecule has 0 radical (unpaired) electrons. The number of anilines is 1. The van der Waals surface area contributed by atoms with E-state index in [2.05, 4.69) is 22.3 Å². The molecule has 0 atom stereocenters. The first-order chi connectivity index (χ1) is 12.7. The minimum absolute atomic E-state index is 0.151. The minimum Gasteiger partial charge on any atom is -0.496 e. The van der Waals surface area contributed by atoms with Crippen LogP contribution in [0.1, 0.15) is 11.1 Å². The summed E-state index contributed by atoms with van der Waals surface area (Å²) >= 11 is 2.01. The predicted octanol–water partition coefficient (Wildman–Crippen LogP) is 3.90. The topological polar surface area (TPSA) is 41.6 Å². The van der Waals surface area contributed by atoms with Crippen LogP contribution in [0.2, 0.25) is 0 Å². The molecule has 5 heteroatoms. The lowest BCUT2D eigenvalue weighted by Gasteiger charge is -2.26. The van der Waals surface area contributed by atoms with Crippen molar-refractivity contribution in [1.29, 1.82) is 0 Å². The van der Waals surface area contributed by atoms with Gasteiger partial charge in [-0.3, -0.25) is 9.69 Å². The van der Waals surface area contributed by atoms with Crippen LogP contribution in [0.25, 0.3) is 6.08 Å². The zero-order chi connectivity index (χ0) is 18.2. The Hall–Kier alpha value is -2.24. The summed E-state index contributed by atoms with van der Waals surface area (Å²) in [4.78, 5) is 14.7. The summed E-state index contributed by atoms with van der Waals surface area (Å²) in [6, 6.07) is 15.7. The van der Waals surface area contributed by atoms with Crippen LogP contribution in [0.15, 0.2) is 54.6 Å². The molecule has 0 saturated carbocycles. The van der Waals surface area contributed by atoms with E-state index in [0.29, 0.717) is 0 Å². The first kappa shape index (κ1) is 18.5. The minimum atomic E-state index is -0.151. The number of amides is 1. The summed E-state index contributed by atoms with van der Waals surface area (Å²) in [5.74, 6) is 3.00. The maximum Gasteiger partial charge on any atom is 0.248 e. The van der Waals surface area contributed by atoms with E-state index < -0.39 is 0 Å². The van der Waals surface area contributed by atoms with E-state index in [9.17, 15) is 4.79 Å². The number of nitrogens with zero attached hydrogens (tertiary/aromatic N) is 1. The highest BCUT2D eigenvalue weighted by molar-refractivity contribution is 7.99. The Labute approximate surface area is 159 Å². The van der Waals surface area contributed by atoms with Gasteiger partial charge in [-0.15, -0.1) is 0 Å². The molecule has 2 aromatic carbocycles. The van der Waals surface area contributed by atoms with Crippen molar-refractivity contribution in [3.63, 3.8) is 0 Å². The predicted molar refractivity (Wildman–Crippen MR) is 110 cm³/mol. The zero-order valence-corrected chi connectivity index (χ0v) is 15.8. The summed E-state index contributed by atoms with van der Waals surface area (Å²) in [6.07, 6.45) is 3.30. The lowest BCUT2D eigenvalue weighted by atomic mass is 10.1. The Morgan fingerprint density at radius 3 is 2.81 bits per heavy atom. The van der Waals surface area contributed by atoms with Gasteiger partial charge in [0.05, 0.1) is 7.11 Å². The zero-order valence-electron chi connectivity index (χ0n) is 15.0. The summed E-state index contributed by atoms with van der Waals surface area (Å²) in [5, 5.41) is 2.94. The lowest BCUT2D eigenvalue weighted by molar-refractivity contribution is -0.111. The van der Waals surface area contributed by atoms with E-state index in [4.69, 9.17) is 4.74 Å². The van der Waals surface area contributed by atoms with Gasteiger partial charge in [0.15, 0.2) is 0 Å². The number of hydrogen-bond acceptors (Lipinski definition) is 4. The van der Waals surface area contributed by atoms with Crippen molar-refractivity contribution in [2.45, 2.75) is 6.54 Å². The second-order valence-electron chi connectivity index (χ2n) is 6.15. The number of thioether (sulfide) groups is 1. The van der Waals surface area contributed by atoms with Crippen molar-refractivity contribution in [1.82, 2.24) is 4.90 Å². The average Bonchev–Trinajstić information content (AvgIpc) is 2.67. The van der Waals surface area contributed by atoms with Crippen molar-refractivity contribution in [3.8, 4) is 5.75 Å². The van der Waals surface area contributed by atoms with Gasteiger partial charge in [0.2, 0.25) is 5.91 Å². The first-order valence-electron chi connectivity index (χ1n) is 8.76. The molecule has 1 N–H and O–H groups in total. The van der Waals surface area contributed by atoms with Crippen LogP contribution < -0.4 is 10.1 Å². The molecule has 3 rings (SSSR count). The highest BCUT2D eigenvalue weighted by atomic mass is 32.2. The molecule has 136 valence electrons. The van der Waals surface area contributed by atoms with Gasteiger partial charge in [0.1, 0.15) is 5.75 Å². The normalized spacial score (nSPS) is 15.1. The molecule has 0 spiro atoms. The third-order valence-corrected chi connectivity index (χ3v) is 5.20. The number of ether oxygens (including phenoxy) is 1. The quantitative estimate of drug-likeness (QED) is 0.786. The largest absolute Gasteiger partial charge is 0.496 e. The second kappa shape index (κ2) is 9.46. The monoisotopic (exact) mass is 368 g/mol. The molecule has 1 saturated heterocycles. The summed E-state index contributed by atoms with van der Waals surface area (Å²) in [5.41, 5.74) is 2.92. The van der Waals surface area contributed by atoms with E-state index in [1.54, 1.807) is 13.2 Å². The van der Waals surface area contributed by atoms with E-state index in [0.717, 1.165) is 36.6 Å². The van der Waals surface area contributed by atoms with Crippen molar-refractivity contribution < 1.29 is 9.53 Å². The molecule has 1 amide bonds. The van der Waals surface area contributed by atoms with Gasteiger partial charge in [-0.05, 0) is 29.8 Å². The van der Waals surface area contributed by atoms with Crippen LogP contribution in [0.5, 0.6) is 5.75 Å². The van der Waals surface area contributed by atoms with Crippen molar-refractivity contribution in [3.05, 3.63) is 65.7 Å². The highest BCUT2D eigenvalue weighted by Gasteiger charge is 2.11. The van der Waals surface area contributed by atoms with Crippen molar-refractivity contribution in [2.75, 3.05) is 37.0 Å². The van der Waals surface area contributed by atoms with Gasteiger partial charge in [-0.2, -0.15) is 11.8 Å². The van der Waals surface area contributed by atoms with Crippen molar-refractivity contribution in [2.24, 2.45) is 0 Å². The Morgan fingerprint density at radius 1 is 1.19 bits per heavy atom. The SMILES string of the molecule is COc1ccccc1/C=C/C(=O)Nc1cccc(CN2CCSCC2)c1. The maximum absolute atomic E-state index is 12.2. The number of benzene rings is 2. The Kier molecular flexibility index (Phi) is 6.75. The Balaban J connectivity index is 1.60. The van der Waals surface area contributed by atoms with Gasteiger partial charge in [-0.25, -0.2) is 0 Å².